The molecule has 0 aliphatic heterocycles. The molecule has 0 bridgehead atoms. The van der Waals surface area contributed by atoms with Gasteiger partial charge in [-0.2, -0.15) is 5.26 Å². The lowest BCUT2D eigenvalue weighted by molar-refractivity contribution is 0.438. The van der Waals surface area contributed by atoms with E-state index in [0.29, 0.717) is 11.3 Å². The van der Waals surface area contributed by atoms with Crippen LogP contribution in [-0.4, -0.2) is 26.3 Å². The van der Waals surface area contributed by atoms with Crippen molar-refractivity contribution in [3.8, 4) is 6.07 Å². The summed E-state index contributed by atoms with van der Waals surface area (Å²) in [6.45, 7) is 1.89. The smallest absolute Gasteiger partial charge is 0.218 e. The zero-order chi connectivity index (χ0) is 13.8. The minimum absolute atomic E-state index is 0.0814. The van der Waals surface area contributed by atoms with Gasteiger partial charge in [-0.3, -0.25) is 0 Å². The third-order valence-electron chi connectivity index (χ3n) is 2.56. The lowest BCUT2D eigenvalue weighted by atomic mass is 10.2. The van der Waals surface area contributed by atoms with Crippen LogP contribution in [0.5, 0.6) is 0 Å². The standard InChI is InChI=1S/C12H17N3O2S/c1-10(7-13)8-15(2)18(16,17)9-11-3-5-12(14)6-4-11/h3-6,10H,8-9,14H2,1-2H3. The summed E-state index contributed by atoms with van der Waals surface area (Å²) in [7, 11) is -1.90. The summed E-state index contributed by atoms with van der Waals surface area (Å²) in [5.74, 6) is -0.404. The van der Waals surface area contributed by atoms with Crippen molar-refractivity contribution in [2.75, 3.05) is 19.3 Å². The van der Waals surface area contributed by atoms with Gasteiger partial charge in [0.1, 0.15) is 0 Å². The van der Waals surface area contributed by atoms with E-state index in [1.807, 2.05) is 6.07 Å². The Hall–Kier alpha value is -1.58. The molecule has 0 heterocycles. The fourth-order valence-corrected chi connectivity index (χ4v) is 2.76. The highest BCUT2D eigenvalue weighted by Gasteiger charge is 2.20. The Balaban J connectivity index is 2.76. The number of hydrogen-bond donors (Lipinski definition) is 1. The molecule has 6 heteroatoms. The second kappa shape index (κ2) is 5.85. The topological polar surface area (TPSA) is 87.2 Å². The van der Waals surface area contributed by atoms with E-state index in [4.69, 9.17) is 11.0 Å². The average Bonchev–Trinajstić information content (AvgIpc) is 2.31. The third kappa shape index (κ3) is 4.02. The second-order valence-corrected chi connectivity index (χ2v) is 6.38. The number of nitrogen functional groups attached to an aromatic ring is 1. The number of sulfonamides is 1. The second-order valence-electron chi connectivity index (χ2n) is 4.31. The third-order valence-corrected chi connectivity index (χ3v) is 4.35. The van der Waals surface area contributed by atoms with E-state index in [-0.39, 0.29) is 18.2 Å². The highest BCUT2D eigenvalue weighted by molar-refractivity contribution is 7.88. The molecule has 18 heavy (non-hydrogen) atoms. The number of nitrogens with zero attached hydrogens (tertiary/aromatic N) is 2. The fourth-order valence-electron chi connectivity index (χ4n) is 1.47. The van der Waals surface area contributed by atoms with E-state index in [1.165, 1.54) is 11.4 Å². The summed E-state index contributed by atoms with van der Waals surface area (Å²) in [5, 5.41) is 8.68. The first-order valence-electron chi connectivity index (χ1n) is 5.53. The van der Waals surface area contributed by atoms with Gasteiger partial charge in [-0.05, 0) is 24.6 Å². The van der Waals surface area contributed by atoms with Crippen molar-refractivity contribution in [2.45, 2.75) is 12.7 Å². The Bertz CT molecular complexity index is 531. The maximum Gasteiger partial charge on any atom is 0.218 e. The van der Waals surface area contributed by atoms with Crippen LogP contribution in [0.1, 0.15) is 12.5 Å². The Morgan fingerprint density at radius 1 is 1.39 bits per heavy atom. The number of rotatable bonds is 5. The maximum absolute atomic E-state index is 12.0. The van der Waals surface area contributed by atoms with Gasteiger partial charge in [-0.15, -0.1) is 0 Å². The number of nitriles is 1. The monoisotopic (exact) mass is 267 g/mol. The predicted octanol–water partition coefficient (Wildman–Crippen LogP) is 1.19. The molecule has 0 saturated carbocycles. The molecule has 2 N–H and O–H groups in total. The lowest BCUT2D eigenvalue weighted by Gasteiger charge is -2.18. The molecule has 0 saturated heterocycles. The van der Waals surface area contributed by atoms with Crippen LogP contribution in [0, 0.1) is 17.2 Å². The molecular weight excluding hydrogens is 250 g/mol. The van der Waals surface area contributed by atoms with Gasteiger partial charge in [0.15, 0.2) is 0 Å². The minimum atomic E-state index is -3.39. The Labute approximate surface area is 108 Å². The summed E-state index contributed by atoms with van der Waals surface area (Å²) in [4.78, 5) is 0. The van der Waals surface area contributed by atoms with Crippen molar-refractivity contribution in [3.63, 3.8) is 0 Å². The maximum atomic E-state index is 12.0. The summed E-state index contributed by atoms with van der Waals surface area (Å²) < 4.78 is 25.3. The van der Waals surface area contributed by atoms with Gasteiger partial charge < -0.3 is 5.73 Å². The van der Waals surface area contributed by atoms with Crippen molar-refractivity contribution in [2.24, 2.45) is 5.92 Å². The Kier molecular flexibility index (Phi) is 4.70. The molecule has 1 atom stereocenters. The normalized spacial score (nSPS) is 13.2. The van der Waals surface area contributed by atoms with Crippen molar-refractivity contribution >= 4 is 15.7 Å². The van der Waals surface area contributed by atoms with Crippen LogP contribution in [0.2, 0.25) is 0 Å². The van der Waals surface area contributed by atoms with Gasteiger partial charge in [0.05, 0.1) is 17.7 Å². The van der Waals surface area contributed by atoms with Gasteiger partial charge in [0, 0.05) is 19.3 Å². The number of benzene rings is 1. The van der Waals surface area contributed by atoms with Crippen LogP contribution in [0.25, 0.3) is 0 Å². The molecule has 0 aliphatic carbocycles. The zero-order valence-electron chi connectivity index (χ0n) is 10.5. The highest BCUT2D eigenvalue weighted by atomic mass is 32.2. The van der Waals surface area contributed by atoms with Gasteiger partial charge in [0.2, 0.25) is 10.0 Å². The summed E-state index contributed by atoms with van der Waals surface area (Å²) in [5.41, 5.74) is 6.82. The number of hydrogen-bond acceptors (Lipinski definition) is 4. The summed E-state index contributed by atoms with van der Waals surface area (Å²) >= 11 is 0. The Morgan fingerprint density at radius 3 is 2.44 bits per heavy atom. The average molecular weight is 267 g/mol. The van der Waals surface area contributed by atoms with E-state index >= 15 is 0 Å². The largest absolute Gasteiger partial charge is 0.399 e. The van der Waals surface area contributed by atoms with Gasteiger partial charge in [-0.25, -0.2) is 12.7 Å². The predicted molar refractivity (Wildman–Crippen MR) is 70.9 cm³/mol. The Morgan fingerprint density at radius 2 is 1.94 bits per heavy atom. The van der Waals surface area contributed by atoms with Crippen molar-refractivity contribution in [1.29, 1.82) is 5.26 Å². The molecule has 1 aromatic rings. The summed E-state index contributed by atoms with van der Waals surface area (Å²) in [6.07, 6.45) is 0. The SMILES string of the molecule is CC(C#N)CN(C)S(=O)(=O)Cc1ccc(N)cc1. The van der Waals surface area contributed by atoms with Gasteiger partial charge >= 0.3 is 0 Å². The first kappa shape index (κ1) is 14.5. The molecule has 0 amide bonds. The van der Waals surface area contributed by atoms with E-state index < -0.39 is 10.0 Å². The molecule has 1 unspecified atom stereocenters. The molecule has 1 aromatic carbocycles. The quantitative estimate of drug-likeness (QED) is 0.812. The van der Waals surface area contributed by atoms with Crippen LogP contribution in [0.4, 0.5) is 5.69 Å². The van der Waals surface area contributed by atoms with Crippen molar-refractivity contribution in [3.05, 3.63) is 29.8 Å². The number of nitrogens with two attached hydrogens (primary N) is 1. The molecular formula is C12H17N3O2S. The molecule has 0 aliphatic rings. The van der Waals surface area contributed by atoms with E-state index in [9.17, 15) is 8.42 Å². The van der Waals surface area contributed by atoms with E-state index in [1.54, 1.807) is 31.2 Å². The highest BCUT2D eigenvalue weighted by Crippen LogP contribution is 2.12. The molecule has 98 valence electrons. The molecule has 0 radical (unpaired) electrons. The van der Waals surface area contributed by atoms with Crippen LogP contribution in [-0.2, 0) is 15.8 Å². The summed E-state index contributed by atoms with van der Waals surface area (Å²) in [6, 6.07) is 8.73. The first-order chi connectivity index (χ1) is 8.35. The van der Waals surface area contributed by atoms with E-state index in [2.05, 4.69) is 0 Å². The van der Waals surface area contributed by atoms with Crippen LogP contribution < -0.4 is 5.73 Å². The molecule has 0 aromatic heterocycles. The number of anilines is 1. The van der Waals surface area contributed by atoms with Crippen molar-refractivity contribution in [1.82, 2.24) is 4.31 Å². The lowest BCUT2D eigenvalue weighted by Crippen LogP contribution is -2.31. The molecule has 5 nitrogen and oxygen atoms in total. The minimum Gasteiger partial charge on any atom is -0.399 e. The zero-order valence-corrected chi connectivity index (χ0v) is 11.3. The molecule has 1 rings (SSSR count). The molecule has 0 fully saturated rings. The van der Waals surface area contributed by atoms with Crippen LogP contribution in [0.3, 0.4) is 0 Å². The van der Waals surface area contributed by atoms with Crippen molar-refractivity contribution < 1.29 is 8.42 Å². The first-order valence-corrected chi connectivity index (χ1v) is 7.14. The van der Waals surface area contributed by atoms with Gasteiger partial charge in [0.25, 0.3) is 0 Å². The molecule has 0 spiro atoms. The van der Waals surface area contributed by atoms with E-state index in [0.717, 1.165) is 0 Å². The fraction of sp³-hybridized carbons (Fsp3) is 0.417. The van der Waals surface area contributed by atoms with Crippen LogP contribution >= 0.6 is 0 Å². The van der Waals surface area contributed by atoms with Gasteiger partial charge in [-0.1, -0.05) is 12.1 Å². The van der Waals surface area contributed by atoms with Crippen LogP contribution in [0.15, 0.2) is 24.3 Å².